The number of fused-ring (bicyclic) bond motifs is 1. The molecule has 0 amide bonds. The maximum atomic E-state index is 13.5. The predicted molar refractivity (Wildman–Crippen MR) is 102 cm³/mol. The number of rotatable bonds is 3. The Balaban J connectivity index is 1.88. The molecule has 6 heteroatoms. The first kappa shape index (κ1) is 16.9. The third kappa shape index (κ3) is 3.03. The summed E-state index contributed by atoms with van der Waals surface area (Å²) in [7, 11) is 1.64. The zero-order valence-corrected chi connectivity index (χ0v) is 15.2. The number of aromatic nitrogens is 2. The number of methoxy groups -OCH3 is 1. The van der Waals surface area contributed by atoms with Gasteiger partial charge in [0.15, 0.2) is 0 Å². The molecule has 26 heavy (non-hydrogen) atoms. The van der Waals surface area contributed by atoms with Gasteiger partial charge in [-0.2, -0.15) is 5.10 Å². The second-order valence-electron chi connectivity index (χ2n) is 6.29. The van der Waals surface area contributed by atoms with E-state index in [9.17, 15) is 4.39 Å². The number of ether oxygens (including phenoxy) is 1. The molecule has 1 aliphatic rings. The Morgan fingerprint density at radius 1 is 1.15 bits per heavy atom. The van der Waals surface area contributed by atoms with Crippen molar-refractivity contribution in [3.8, 4) is 22.7 Å². The van der Waals surface area contributed by atoms with Crippen LogP contribution in [0.3, 0.4) is 0 Å². The first-order valence-electron chi connectivity index (χ1n) is 8.63. The average molecular weight is 372 g/mol. The molecule has 0 saturated heterocycles. The van der Waals surface area contributed by atoms with E-state index in [4.69, 9.17) is 21.4 Å². The lowest BCUT2D eigenvalue weighted by atomic mass is 10.0. The van der Waals surface area contributed by atoms with E-state index in [1.807, 2.05) is 28.9 Å². The van der Waals surface area contributed by atoms with Gasteiger partial charge in [-0.25, -0.2) is 9.07 Å². The molecule has 0 spiro atoms. The molecule has 0 unspecified atom stereocenters. The smallest absolute Gasteiger partial charge is 0.133 e. The Bertz CT molecular complexity index is 937. The van der Waals surface area contributed by atoms with Crippen LogP contribution in [0.25, 0.3) is 16.9 Å². The van der Waals surface area contributed by atoms with Crippen molar-refractivity contribution in [1.82, 2.24) is 9.78 Å². The number of benzene rings is 2. The summed E-state index contributed by atoms with van der Waals surface area (Å²) in [4.78, 5) is 0. The van der Waals surface area contributed by atoms with Gasteiger partial charge in [-0.1, -0.05) is 11.6 Å². The first-order chi connectivity index (χ1) is 12.7. The molecule has 0 saturated carbocycles. The van der Waals surface area contributed by atoms with Crippen molar-refractivity contribution in [3.05, 3.63) is 58.9 Å². The lowest BCUT2D eigenvalue weighted by molar-refractivity contribution is 0.414. The van der Waals surface area contributed by atoms with E-state index in [-0.39, 0.29) is 5.82 Å². The minimum Gasteiger partial charge on any atom is -0.497 e. The van der Waals surface area contributed by atoms with Gasteiger partial charge < -0.3 is 10.1 Å². The molecule has 4 nitrogen and oxygen atoms in total. The van der Waals surface area contributed by atoms with Crippen LogP contribution in [0.4, 0.5) is 10.2 Å². The van der Waals surface area contributed by atoms with Crippen LogP contribution in [-0.4, -0.2) is 23.4 Å². The van der Waals surface area contributed by atoms with Crippen molar-refractivity contribution >= 4 is 17.4 Å². The van der Waals surface area contributed by atoms with Crippen LogP contribution in [0.1, 0.15) is 18.4 Å². The SMILES string of the molecule is COc1ccc(-n2nc(-c3ccc(F)cc3Cl)c3c2NCCCC3)cc1. The summed E-state index contributed by atoms with van der Waals surface area (Å²) < 4.78 is 20.6. The molecule has 0 bridgehead atoms. The standard InChI is InChI=1S/C20H19ClFN3O/c1-26-15-8-6-14(7-9-15)25-20-17(4-2-3-11-23-20)19(24-25)16-10-5-13(22)12-18(16)21/h5-10,12,23H,2-4,11H2,1H3. The molecule has 2 heterocycles. The van der Waals surface area contributed by atoms with Gasteiger partial charge in [0.25, 0.3) is 0 Å². The monoisotopic (exact) mass is 371 g/mol. The van der Waals surface area contributed by atoms with E-state index < -0.39 is 0 Å². The van der Waals surface area contributed by atoms with Crippen LogP contribution in [0, 0.1) is 5.82 Å². The Hall–Kier alpha value is -2.53. The van der Waals surface area contributed by atoms with E-state index in [0.29, 0.717) is 5.02 Å². The van der Waals surface area contributed by atoms with Crippen LogP contribution < -0.4 is 10.1 Å². The summed E-state index contributed by atoms with van der Waals surface area (Å²) in [5.74, 6) is 1.42. The molecule has 3 aromatic rings. The maximum Gasteiger partial charge on any atom is 0.133 e. The second-order valence-corrected chi connectivity index (χ2v) is 6.70. The van der Waals surface area contributed by atoms with Crippen LogP contribution in [-0.2, 0) is 6.42 Å². The fourth-order valence-corrected chi connectivity index (χ4v) is 3.57. The van der Waals surface area contributed by atoms with Crippen LogP contribution in [0.15, 0.2) is 42.5 Å². The van der Waals surface area contributed by atoms with Crippen LogP contribution >= 0.6 is 11.6 Å². The molecule has 1 aromatic heterocycles. The topological polar surface area (TPSA) is 39.1 Å². The van der Waals surface area contributed by atoms with Gasteiger partial charge in [0.2, 0.25) is 0 Å². The van der Waals surface area contributed by atoms with Gasteiger partial charge in [-0.05, 0) is 61.7 Å². The molecule has 1 aliphatic heterocycles. The van der Waals surface area contributed by atoms with Crippen molar-refractivity contribution < 1.29 is 9.13 Å². The highest BCUT2D eigenvalue weighted by molar-refractivity contribution is 6.33. The zero-order chi connectivity index (χ0) is 18.1. The summed E-state index contributed by atoms with van der Waals surface area (Å²) in [6.45, 7) is 0.894. The third-order valence-electron chi connectivity index (χ3n) is 4.63. The second kappa shape index (κ2) is 7.00. The molecule has 4 rings (SSSR count). The van der Waals surface area contributed by atoms with Crippen molar-refractivity contribution in [2.75, 3.05) is 19.0 Å². The third-order valence-corrected chi connectivity index (χ3v) is 4.95. The van der Waals surface area contributed by atoms with Crippen molar-refractivity contribution in [2.45, 2.75) is 19.3 Å². The lowest BCUT2D eigenvalue weighted by Gasteiger charge is -2.09. The van der Waals surface area contributed by atoms with E-state index in [1.165, 1.54) is 12.1 Å². The average Bonchev–Trinajstić information content (AvgIpc) is 2.83. The highest BCUT2D eigenvalue weighted by Crippen LogP contribution is 2.37. The molecule has 1 N–H and O–H groups in total. The van der Waals surface area contributed by atoms with Gasteiger partial charge >= 0.3 is 0 Å². The minimum absolute atomic E-state index is 0.349. The van der Waals surface area contributed by atoms with Gasteiger partial charge in [0.05, 0.1) is 23.5 Å². The van der Waals surface area contributed by atoms with E-state index >= 15 is 0 Å². The van der Waals surface area contributed by atoms with E-state index in [1.54, 1.807) is 13.2 Å². The normalized spacial score (nSPS) is 13.7. The molecular weight excluding hydrogens is 353 g/mol. The number of anilines is 1. The highest BCUT2D eigenvalue weighted by atomic mass is 35.5. The summed E-state index contributed by atoms with van der Waals surface area (Å²) in [5.41, 5.74) is 3.60. The van der Waals surface area contributed by atoms with E-state index in [0.717, 1.165) is 59.9 Å². The summed E-state index contributed by atoms with van der Waals surface area (Å²) >= 11 is 6.32. The molecule has 134 valence electrons. The van der Waals surface area contributed by atoms with Gasteiger partial charge in [-0.15, -0.1) is 0 Å². The largest absolute Gasteiger partial charge is 0.497 e. The number of hydrogen-bond acceptors (Lipinski definition) is 3. The molecule has 0 fully saturated rings. The van der Waals surface area contributed by atoms with Crippen LogP contribution in [0.2, 0.25) is 5.02 Å². The number of hydrogen-bond donors (Lipinski definition) is 1. The van der Waals surface area contributed by atoms with Crippen molar-refractivity contribution in [1.29, 1.82) is 0 Å². The van der Waals surface area contributed by atoms with Gasteiger partial charge in [-0.3, -0.25) is 0 Å². The lowest BCUT2D eigenvalue weighted by Crippen LogP contribution is -2.07. The zero-order valence-electron chi connectivity index (χ0n) is 14.4. The maximum absolute atomic E-state index is 13.5. The predicted octanol–water partition coefficient (Wildman–Crippen LogP) is 5.09. The highest BCUT2D eigenvalue weighted by Gasteiger charge is 2.23. The quantitative estimate of drug-likeness (QED) is 0.697. The van der Waals surface area contributed by atoms with Crippen molar-refractivity contribution in [3.63, 3.8) is 0 Å². The van der Waals surface area contributed by atoms with Gasteiger partial charge in [0, 0.05) is 17.7 Å². The fraction of sp³-hybridized carbons (Fsp3) is 0.250. The van der Waals surface area contributed by atoms with Gasteiger partial charge in [0.1, 0.15) is 17.4 Å². The minimum atomic E-state index is -0.349. The number of nitrogens with one attached hydrogen (secondary N) is 1. The number of halogens is 2. The molecule has 0 aliphatic carbocycles. The van der Waals surface area contributed by atoms with Crippen LogP contribution in [0.5, 0.6) is 5.75 Å². The fourth-order valence-electron chi connectivity index (χ4n) is 3.31. The van der Waals surface area contributed by atoms with E-state index in [2.05, 4.69) is 5.32 Å². The molecule has 0 atom stereocenters. The van der Waals surface area contributed by atoms with Crippen molar-refractivity contribution in [2.24, 2.45) is 0 Å². The molecule has 2 aromatic carbocycles. The summed E-state index contributed by atoms with van der Waals surface area (Å²) in [6.07, 6.45) is 3.07. The Labute approximate surface area is 156 Å². The number of nitrogens with zero attached hydrogens (tertiary/aromatic N) is 2. The molecular formula is C20H19ClFN3O. The summed E-state index contributed by atoms with van der Waals surface area (Å²) in [5, 5.41) is 8.69. The Morgan fingerprint density at radius 3 is 2.69 bits per heavy atom. The summed E-state index contributed by atoms with van der Waals surface area (Å²) in [6, 6.07) is 12.2. The Kier molecular flexibility index (Phi) is 4.55. The Morgan fingerprint density at radius 2 is 1.96 bits per heavy atom. The first-order valence-corrected chi connectivity index (χ1v) is 9.01. The molecule has 0 radical (unpaired) electrons.